The van der Waals surface area contributed by atoms with Crippen LogP contribution in [-0.4, -0.2) is 78.5 Å². The lowest BCUT2D eigenvalue weighted by Gasteiger charge is -2.18. The normalized spacial score (nSPS) is 24.9. The number of ether oxygens (including phenoxy) is 1. The molecule has 2 aliphatic rings. The zero-order valence-corrected chi connectivity index (χ0v) is 18.4. The molecule has 2 fully saturated rings. The predicted molar refractivity (Wildman–Crippen MR) is 116 cm³/mol. The molecule has 2 aliphatic heterocycles. The van der Waals surface area contributed by atoms with Gasteiger partial charge in [0, 0.05) is 31.1 Å². The molecular formula is C22H23F3N6O4. The van der Waals surface area contributed by atoms with Gasteiger partial charge in [-0.3, -0.25) is 9.36 Å². The van der Waals surface area contributed by atoms with Crippen LogP contribution in [0.25, 0.3) is 11.2 Å². The van der Waals surface area contributed by atoms with Crippen LogP contribution in [0.5, 0.6) is 0 Å². The SMILES string of the molecule is O=C(c1ccc(C(F)(F)F)cc1)N1CCC(Nc2ncnc3c2ncn3[C@@H]2O[C@H](CO)C[C@H]2O)C1. The van der Waals surface area contributed by atoms with Crippen molar-refractivity contribution in [1.29, 1.82) is 0 Å². The third-order valence-corrected chi connectivity index (χ3v) is 6.28. The van der Waals surface area contributed by atoms with Gasteiger partial charge in [-0.25, -0.2) is 15.0 Å². The molecule has 5 rings (SSSR count). The van der Waals surface area contributed by atoms with Gasteiger partial charge in [-0.15, -0.1) is 0 Å². The molecule has 0 aliphatic carbocycles. The maximum absolute atomic E-state index is 12.8. The smallest absolute Gasteiger partial charge is 0.394 e. The van der Waals surface area contributed by atoms with Gasteiger partial charge in [0.2, 0.25) is 0 Å². The Hall–Kier alpha value is -3.29. The number of anilines is 1. The minimum Gasteiger partial charge on any atom is -0.394 e. The molecule has 0 radical (unpaired) electrons. The summed E-state index contributed by atoms with van der Waals surface area (Å²) in [5.41, 5.74) is 0.298. The predicted octanol–water partition coefficient (Wildman–Crippen LogP) is 1.81. The molecule has 2 aromatic heterocycles. The summed E-state index contributed by atoms with van der Waals surface area (Å²) in [4.78, 5) is 27.3. The fourth-order valence-corrected chi connectivity index (χ4v) is 4.48. The minimum atomic E-state index is -4.46. The summed E-state index contributed by atoms with van der Waals surface area (Å²) in [6, 6.07) is 4.03. The summed E-state index contributed by atoms with van der Waals surface area (Å²) in [5.74, 6) is 0.111. The van der Waals surface area contributed by atoms with Crippen LogP contribution in [0, 0.1) is 0 Å². The molecule has 10 nitrogen and oxygen atoms in total. The lowest BCUT2D eigenvalue weighted by molar-refractivity contribution is -0.137. The van der Waals surface area contributed by atoms with Crippen molar-refractivity contribution in [2.24, 2.45) is 0 Å². The second-order valence-corrected chi connectivity index (χ2v) is 8.64. The number of nitrogens with zero attached hydrogens (tertiary/aromatic N) is 5. The van der Waals surface area contributed by atoms with Crippen LogP contribution in [0.2, 0.25) is 0 Å². The minimum absolute atomic E-state index is 0.149. The molecule has 35 heavy (non-hydrogen) atoms. The van der Waals surface area contributed by atoms with E-state index < -0.39 is 30.2 Å². The molecule has 1 unspecified atom stereocenters. The molecule has 0 spiro atoms. The number of alkyl halides is 3. The van der Waals surface area contributed by atoms with Crippen LogP contribution < -0.4 is 5.32 Å². The maximum atomic E-state index is 12.8. The van der Waals surface area contributed by atoms with Crippen LogP contribution in [0.3, 0.4) is 0 Å². The molecule has 0 saturated carbocycles. The van der Waals surface area contributed by atoms with Gasteiger partial charge >= 0.3 is 6.18 Å². The van der Waals surface area contributed by atoms with E-state index in [0.29, 0.717) is 42.9 Å². The van der Waals surface area contributed by atoms with Crippen molar-refractivity contribution >= 4 is 22.9 Å². The lowest BCUT2D eigenvalue weighted by Crippen LogP contribution is -2.31. The van der Waals surface area contributed by atoms with Gasteiger partial charge in [-0.05, 0) is 30.7 Å². The maximum Gasteiger partial charge on any atom is 0.416 e. The summed E-state index contributed by atoms with van der Waals surface area (Å²) in [5, 5.41) is 22.9. The van der Waals surface area contributed by atoms with Crippen LogP contribution in [-0.2, 0) is 10.9 Å². The number of carbonyl (C=O) groups excluding carboxylic acids is 1. The molecule has 1 amide bonds. The van der Waals surface area contributed by atoms with Crippen LogP contribution in [0.1, 0.15) is 35.0 Å². The van der Waals surface area contributed by atoms with E-state index in [1.165, 1.54) is 24.8 Å². The van der Waals surface area contributed by atoms with Crippen molar-refractivity contribution in [3.63, 3.8) is 0 Å². The summed E-state index contributed by atoms with van der Waals surface area (Å²) < 4.78 is 45.6. The van der Waals surface area contributed by atoms with Gasteiger partial charge in [0.15, 0.2) is 23.2 Å². The first kappa shape index (κ1) is 23.5. The Bertz CT molecular complexity index is 1220. The van der Waals surface area contributed by atoms with E-state index in [4.69, 9.17) is 4.74 Å². The quantitative estimate of drug-likeness (QED) is 0.493. The lowest BCUT2D eigenvalue weighted by atomic mass is 10.1. The van der Waals surface area contributed by atoms with E-state index in [1.54, 1.807) is 9.47 Å². The van der Waals surface area contributed by atoms with Crippen LogP contribution in [0.4, 0.5) is 19.0 Å². The number of amides is 1. The Morgan fingerprint density at radius 3 is 2.66 bits per heavy atom. The first-order valence-corrected chi connectivity index (χ1v) is 11.1. The van der Waals surface area contributed by atoms with Crippen molar-refractivity contribution in [3.8, 4) is 0 Å². The highest BCUT2D eigenvalue weighted by molar-refractivity contribution is 5.94. The van der Waals surface area contributed by atoms with Crippen LogP contribution >= 0.6 is 0 Å². The van der Waals surface area contributed by atoms with Gasteiger partial charge in [0.1, 0.15) is 12.4 Å². The third kappa shape index (κ3) is 4.54. The van der Waals surface area contributed by atoms with Gasteiger partial charge in [0.05, 0.1) is 24.6 Å². The number of aliphatic hydroxyl groups excluding tert-OH is 2. The number of aliphatic hydroxyl groups is 2. The fourth-order valence-electron chi connectivity index (χ4n) is 4.48. The second kappa shape index (κ2) is 9.06. The number of aromatic nitrogens is 4. The Morgan fingerprint density at radius 1 is 1.20 bits per heavy atom. The summed E-state index contributed by atoms with van der Waals surface area (Å²) >= 11 is 0. The van der Waals surface area contributed by atoms with Crippen molar-refractivity contribution < 1.29 is 32.9 Å². The van der Waals surface area contributed by atoms with Gasteiger partial charge in [0.25, 0.3) is 5.91 Å². The number of likely N-dealkylation sites (tertiary alicyclic amines) is 1. The first-order valence-electron chi connectivity index (χ1n) is 11.1. The van der Waals surface area contributed by atoms with Crippen molar-refractivity contribution in [1.82, 2.24) is 24.4 Å². The molecule has 4 atom stereocenters. The third-order valence-electron chi connectivity index (χ3n) is 6.28. The zero-order chi connectivity index (χ0) is 24.7. The number of nitrogens with one attached hydrogen (secondary N) is 1. The Morgan fingerprint density at radius 2 is 1.97 bits per heavy atom. The Labute approximate surface area is 197 Å². The molecule has 1 aromatic carbocycles. The molecule has 2 saturated heterocycles. The van der Waals surface area contributed by atoms with E-state index in [0.717, 1.165) is 12.1 Å². The number of imidazole rings is 1. The number of halogens is 3. The summed E-state index contributed by atoms with van der Waals surface area (Å²) in [6.45, 7) is 0.574. The topological polar surface area (TPSA) is 126 Å². The number of carbonyl (C=O) groups is 1. The molecular weight excluding hydrogens is 469 g/mol. The number of hydrogen-bond donors (Lipinski definition) is 3. The van der Waals surface area contributed by atoms with Gasteiger partial charge in [-0.2, -0.15) is 13.2 Å². The van der Waals surface area contributed by atoms with Gasteiger partial charge < -0.3 is 25.2 Å². The van der Waals surface area contributed by atoms with Crippen LogP contribution in [0.15, 0.2) is 36.9 Å². The largest absolute Gasteiger partial charge is 0.416 e. The van der Waals surface area contributed by atoms with E-state index in [2.05, 4.69) is 20.3 Å². The standard InChI is InChI=1S/C22H23F3N6O4/c23-22(24,25)13-3-1-12(2-4-13)20(34)30-6-5-14(8-30)29-18-17-19(27-10-26-18)31(11-28-17)21-16(33)7-15(9-32)35-21/h1-4,10-11,14-16,21,32-33H,5-9H2,(H,26,27,29)/t14?,15-,16+,21+/m0/s1. The molecule has 4 heterocycles. The molecule has 0 bridgehead atoms. The Balaban J connectivity index is 1.27. The summed E-state index contributed by atoms with van der Waals surface area (Å²) in [6.07, 6.45) is -2.73. The number of rotatable bonds is 5. The number of hydrogen-bond acceptors (Lipinski definition) is 8. The Kier molecular flexibility index (Phi) is 6.07. The van der Waals surface area contributed by atoms with E-state index in [1.807, 2.05) is 0 Å². The first-order chi connectivity index (χ1) is 16.7. The van der Waals surface area contributed by atoms with E-state index in [-0.39, 0.29) is 24.1 Å². The molecule has 3 aromatic rings. The highest BCUT2D eigenvalue weighted by Gasteiger charge is 2.36. The molecule has 3 N–H and O–H groups in total. The molecule has 13 heteroatoms. The highest BCUT2D eigenvalue weighted by atomic mass is 19.4. The second-order valence-electron chi connectivity index (χ2n) is 8.64. The monoisotopic (exact) mass is 492 g/mol. The average molecular weight is 492 g/mol. The fraction of sp³-hybridized carbons (Fsp3) is 0.455. The van der Waals surface area contributed by atoms with E-state index >= 15 is 0 Å². The number of fused-ring (bicyclic) bond motifs is 1. The zero-order valence-electron chi connectivity index (χ0n) is 18.4. The van der Waals surface area contributed by atoms with Crippen molar-refractivity contribution in [2.45, 2.75) is 43.5 Å². The average Bonchev–Trinajstić information content (AvgIpc) is 3.56. The molecule has 186 valence electrons. The van der Waals surface area contributed by atoms with Crippen molar-refractivity contribution in [3.05, 3.63) is 48.0 Å². The van der Waals surface area contributed by atoms with Crippen molar-refractivity contribution in [2.75, 3.05) is 25.0 Å². The summed E-state index contributed by atoms with van der Waals surface area (Å²) in [7, 11) is 0. The van der Waals surface area contributed by atoms with Gasteiger partial charge in [-0.1, -0.05) is 0 Å². The highest BCUT2D eigenvalue weighted by Crippen LogP contribution is 2.32. The number of benzene rings is 1. The van der Waals surface area contributed by atoms with E-state index in [9.17, 15) is 28.2 Å².